The molecule has 0 spiro atoms. The third-order valence-electron chi connectivity index (χ3n) is 3.22. The van der Waals surface area contributed by atoms with Crippen molar-refractivity contribution in [3.8, 4) is 0 Å². The molecule has 1 aliphatic carbocycles. The van der Waals surface area contributed by atoms with Crippen LogP contribution in [0.25, 0.3) is 0 Å². The van der Waals surface area contributed by atoms with Crippen molar-refractivity contribution >= 4 is 43.8 Å². The Morgan fingerprint density at radius 2 is 1.89 bits per heavy atom. The summed E-state index contributed by atoms with van der Waals surface area (Å²) in [5.41, 5.74) is 7.62. The maximum atomic E-state index is 9.44. The minimum Gasteiger partial charge on any atom is -0.397 e. The lowest BCUT2D eigenvalue weighted by Crippen LogP contribution is -2.20. The van der Waals surface area contributed by atoms with Gasteiger partial charge in [0.1, 0.15) is 0 Å². The molecule has 1 aliphatic rings. The lowest BCUT2D eigenvalue weighted by Gasteiger charge is -2.22. The predicted molar refractivity (Wildman–Crippen MR) is 82.1 cm³/mol. The van der Waals surface area contributed by atoms with E-state index in [2.05, 4.69) is 36.9 Å². The minimum atomic E-state index is -0.137. The van der Waals surface area contributed by atoms with Crippen molar-refractivity contribution in [2.24, 2.45) is 4.99 Å². The molecule has 0 unspecified atom stereocenters. The van der Waals surface area contributed by atoms with E-state index in [0.717, 1.165) is 40.2 Å². The normalized spacial score (nSPS) is 24.6. The van der Waals surface area contributed by atoms with Crippen molar-refractivity contribution in [1.29, 1.82) is 0 Å². The van der Waals surface area contributed by atoms with E-state index in [0.29, 0.717) is 11.7 Å². The first-order valence-corrected chi connectivity index (χ1v) is 7.60. The summed E-state index contributed by atoms with van der Waals surface area (Å²) < 4.78 is 1.85. The standard InChI is InChI=1S/C13H16Br2N2O/c14-9-5-8(13(16)12(15)6-9)7-17-10-1-3-11(18)4-2-10/h5-7,10-11,18H,1-4,16H2/i7+2. The minimum absolute atomic E-state index is 0.137. The van der Waals surface area contributed by atoms with E-state index in [-0.39, 0.29) is 6.10 Å². The Hall–Kier alpha value is -0.390. The van der Waals surface area contributed by atoms with Crippen LogP contribution in [-0.2, 0) is 0 Å². The number of aliphatic imine (C=N–C) groups is 1. The second-order valence-electron chi connectivity index (χ2n) is 4.63. The van der Waals surface area contributed by atoms with Crippen LogP contribution in [0, 0.1) is 0 Å². The summed E-state index contributed by atoms with van der Waals surface area (Å²) in [5, 5.41) is 9.44. The van der Waals surface area contributed by atoms with Crippen molar-refractivity contribution in [3.05, 3.63) is 26.6 Å². The Balaban J connectivity index is 2.09. The molecule has 0 radical (unpaired) electrons. The number of nitrogen functional groups attached to an aromatic ring is 1. The number of benzene rings is 1. The summed E-state index contributed by atoms with van der Waals surface area (Å²) in [6.07, 6.45) is 5.30. The number of halogens is 2. The van der Waals surface area contributed by atoms with Gasteiger partial charge in [0.2, 0.25) is 0 Å². The number of aliphatic hydroxyl groups is 1. The quantitative estimate of drug-likeness (QED) is 0.611. The van der Waals surface area contributed by atoms with E-state index in [1.54, 1.807) is 0 Å². The number of rotatable bonds is 2. The number of aliphatic hydroxyl groups excluding tert-OH is 1. The van der Waals surface area contributed by atoms with E-state index in [4.69, 9.17) is 5.73 Å². The summed E-state index contributed by atoms with van der Waals surface area (Å²) in [4.78, 5) is 4.57. The molecule has 0 saturated heterocycles. The molecule has 0 bridgehead atoms. The van der Waals surface area contributed by atoms with Crippen molar-refractivity contribution in [2.75, 3.05) is 5.73 Å². The summed E-state index contributed by atoms with van der Waals surface area (Å²) >= 11 is 6.86. The van der Waals surface area contributed by atoms with Crippen LogP contribution in [0.4, 0.5) is 5.69 Å². The maximum Gasteiger partial charge on any atom is 0.0548 e. The molecular formula is C13H16Br2N2O. The first-order chi connectivity index (χ1) is 8.56. The SMILES string of the molecule is Nc1c(Br)cc(Br)cc1[14CH]=NC1CCC(O)CC1. The van der Waals surface area contributed by atoms with E-state index in [1.807, 2.05) is 18.3 Å². The fourth-order valence-electron chi connectivity index (χ4n) is 2.10. The smallest absolute Gasteiger partial charge is 0.0548 e. The van der Waals surface area contributed by atoms with Gasteiger partial charge in [0.25, 0.3) is 0 Å². The lowest BCUT2D eigenvalue weighted by molar-refractivity contribution is 0.123. The van der Waals surface area contributed by atoms with Gasteiger partial charge in [-0.05, 0) is 53.7 Å². The molecule has 1 aromatic rings. The number of nitrogens with two attached hydrogens (primary N) is 1. The Bertz CT molecular complexity index is 455. The Labute approximate surface area is 124 Å². The first kappa shape index (κ1) is 14.0. The van der Waals surface area contributed by atoms with Crippen molar-refractivity contribution in [3.63, 3.8) is 0 Å². The summed E-state index contributed by atoms with van der Waals surface area (Å²) in [6, 6.07) is 4.19. The van der Waals surface area contributed by atoms with Crippen LogP contribution >= 0.6 is 31.9 Å². The highest BCUT2D eigenvalue weighted by Gasteiger charge is 2.18. The predicted octanol–water partition coefficient (Wildman–Crippen LogP) is 3.52. The Kier molecular flexibility index (Phi) is 4.81. The van der Waals surface area contributed by atoms with Gasteiger partial charge in [-0.25, -0.2) is 0 Å². The van der Waals surface area contributed by atoms with Crippen LogP contribution in [0.1, 0.15) is 31.2 Å². The second kappa shape index (κ2) is 6.17. The van der Waals surface area contributed by atoms with Gasteiger partial charge in [0.15, 0.2) is 0 Å². The zero-order valence-corrected chi connectivity index (χ0v) is 13.1. The molecular weight excluding hydrogens is 362 g/mol. The Morgan fingerprint density at radius 1 is 1.22 bits per heavy atom. The average Bonchev–Trinajstić information content (AvgIpc) is 2.34. The average molecular weight is 378 g/mol. The van der Waals surface area contributed by atoms with Crippen LogP contribution in [0.5, 0.6) is 0 Å². The molecule has 18 heavy (non-hydrogen) atoms. The van der Waals surface area contributed by atoms with Crippen LogP contribution in [0.3, 0.4) is 0 Å². The number of hydrogen-bond acceptors (Lipinski definition) is 3. The molecule has 3 N–H and O–H groups in total. The molecule has 1 saturated carbocycles. The van der Waals surface area contributed by atoms with Gasteiger partial charge in [-0.1, -0.05) is 15.9 Å². The molecule has 0 aliphatic heterocycles. The topological polar surface area (TPSA) is 58.6 Å². The van der Waals surface area contributed by atoms with Crippen molar-refractivity contribution in [2.45, 2.75) is 37.8 Å². The molecule has 2 rings (SSSR count). The fraction of sp³-hybridized carbons (Fsp3) is 0.462. The van der Waals surface area contributed by atoms with Crippen molar-refractivity contribution < 1.29 is 5.11 Å². The summed E-state index contributed by atoms with van der Waals surface area (Å²) in [7, 11) is 0. The lowest BCUT2D eigenvalue weighted by atomic mass is 9.94. The molecule has 0 heterocycles. The molecule has 0 amide bonds. The van der Waals surface area contributed by atoms with E-state index in [1.165, 1.54) is 0 Å². The molecule has 98 valence electrons. The summed E-state index contributed by atoms with van der Waals surface area (Å²) in [5.74, 6) is 0. The first-order valence-electron chi connectivity index (χ1n) is 6.02. The van der Waals surface area contributed by atoms with Crippen LogP contribution in [0.2, 0.25) is 0 Å². The van der Waals surface area contributed by atoms with Gasteiger partial charge in [-0.15, -0.1) is 0 Å². The maximum absolute atomic E-state index is 9.44. The zero-order valence-electron chi connectivity index (χ0n) is 9.94. The van der Waals surface area contributed by atoms with Crippen LogP contribution in [-0.4, -0.2) is 23.5 Å². The van der Waals surface area contributed by atoms with Gasteiger partial charge < -0.3 is 10.8 Å². The van der Waals surface area contributed by atoms with Gasteiger partial charge >= 0.3 is 0 Å². The number of nitrogens with zero attached hydrogens (tertiary/aromatic N) is 1. The van der Waals surface area contributed by atoms with Crippen LogP contribution in [0.15, 0.2) is 26.1 Å². The molecule has 0 atom stereocenters. The van der Waals surface area contributed by atoms with Crippen molar-refractivity contribution in [1.82, 2.24) is 0 Å². The molecule has 1 aromatic carbocycles. The Morgan fingerprint density at radius 3 is 2.56 bits per heavy atom. The van der Waals surface area contributed by atoms with Crippen LogP contribution < -0.4 is 5.73 Å². The van der Waals surface area contributed by atoms with Gasteiger partial charge in [-0.2, -0.15) is 0 Å². The molecule has 5 heteroatoms. The number of hydrogen-bond donors (Lipinski definition) is 2. The third kappa shape index (κ3) is 3.56. The highest BCUT2D eigenvalue weighted by atomic mass is 79.9. The van der Waals surface area contributed by atoms with Gasteiger partial charge in [-0.3, -0.25) is 4.99 Å². The zero-order chi connectivity index (χ0) is 13.1. The highest BCUT2D eigenvalue weighted by Crippen LogP contribution is 2.28. The molecule has 0 aromatic heterocycles. The summed E-state index contributed by atoms with van der Waals surface area (Å²) in [6.45, 7) is 0. The monoisotopic (exact) mass is 376 g/mol. The van der Waals surface area contributed by atoms with Gasteiger partial charge in [0, 0.05) is 20.7 Å². The molecule has 1 fully saturated rings. The third-order valence-corrected chi connectivity index (χ3v) is 4.33. The van der Waals surface area contributed by atoms with E-state index < -0.39 is 0 Å². The highest BCUT2D eigenvalue weighted by molar-refractivity contribution is 9.11. The molecule has 3 nitrogen and oxygen atoms in total. The van der Waals surface area contributed by atoms with E-state index >= 15 is 0 Å². The van der Waals surface area contributed by atoms with Gasteiger partial charge in [0.05, 0.1) is 17.8 Å². The largest absolute Gasteiger partial charge is 0.397 e. The second-order valence-corrected chi connectivity index (χ2v) is 6.40. The fourth-order valence-corrected chi connectivity index (χ4v) is 3.36. The number of anilines is 1. The van der Waals surface area contributed by atoms with E-state index in [9.17, 15) is 5.11 Å².